The van der Waals surface area contributed by atoms with Crippen LogP contribution < -0.4 is 9.47 Å². The lowest BCUT2D eigenvalue weighted by Gasteiger charge is -2.13. The van der Waals surface area contributed by atoms with Gasteiger partial charge < -0.3 is 9.47 Å². The van der Waals surface area contributed by atoms with Crippen molar-refractivity contribution in [2.75, 3.05) is 6.79 Å². The van der Waals surface area contributed by atoms with E-state index in [2.05, 4.69) is 0 Å². The Balaban J connectivity index is 1.88. The Kier molecular flexibility index (Phi) is 5.40. The molecule has 3 aromatic rings. The summed E-state index contributed by atoms with van der Waals surface area (Å²) in [6.07, 6.45) is 0. The number of carbonyl (C=O) groups excluding carboxylic acids is 1. The molecule has 0 atom stereocenters. The number of carbonyl (C=O) groups is 1. The van der Waals surface area contributed by atoms with Crippen LogP contribution in [0.3, 0.4) is 0 Å². The van der Waals surface area contributed by atoms with Gasteiger partial charge in [0.15, 0.2) is 17.4 Å². The first kappa shape index (κ1) is 18.4. The molecule has 0 unspecified atom stereocenters. The number of rotatable bonds is 6. The van der Waals surface area contributed by atoms with E-state index in [0.717, 1.165) is 0 Å². The van der Waals surface area contributed by atoms with Crippen molar-refractivity contribution in [2.24, 2.45) is 0 Å². The van der Waals surface area contributed by atoms with Gasteiger partial charge in [-0.2, -0.15) is 8.78 Å². The van der Waals surface area contributed by atoms with Crippen molar-refractivity contribution in [3.8, 4) is 11.5 Å². The summed E-state index contributed by atoms with van der Waals surface area (Å²) in [6, 6.07) is 15.2. The van der Waals surface area contributed by atoms with Crippen molar-refractivity contribution in [1.82, 2.24) is 0 Å². The monoisotopic (exact) mass is 376 g/mol. The zero-order valence-electron chi connectivity index (χ0n) is 13.7. The van der Waals surface area contributed by atoms with Crippen LogP contribution in [-0.2, 0) is 0 Å². The van der Waals surface area contributed by atoms with Crippen molar-refractivity contribution in [2.45, 2.75) is 0 Å². The van der Waals surface area contributed by atoms with Crippen LogP contribution >= 0.6 is 0 Å². The fourth-order valence-electron chi connectivity index (χ4n) is 2.34. The number of para-hydroxylation sites is 1. The highest BCUT2D eigenvalue weighted by Gasteiger charge is 2.31. The van der Waals surface area contributed by atoms with Gasteiger partial charge in [-0.15, -0.1) is 0 Å². The molecule has 0 aliphatic heterocycles. The molecule has 0 spiro atoms. The number of ketones is 1. The first-order chi connectivity index (χ1) is 13.0. The van der Waals surface area contributed by atoms with Crippen molar-refractivity contribution in [3.05, 3.63) is 95.1 Å². The van der Waals surface area contributed by atoms with E-state index in [1.807, 2.05) is 0 Å². The lowest BCUT2D eigenvalue weighted by Crippen LogP contribution is -2.15. The predicted octanol–water partition coefficient (Wildman–Crippen LogP) is 4.89. The van der Waals surface area contributed by atoms with Crippen LogP contribution in [-0.4, -0.2) is 12.6 Å². The van der Waals surface area contributed by atoms with Crippen molar-refractivity contribution in [3.63, 3.8) is 0 Å². The van der Waals surface area contributed by atoms with E-state index in [9.17, 15) is 22.4 Å². The topological polar surface area (TPSA) is 35.5 Å². The molecule has 138 valence electrons. The van der Waals surface area contributed by atoms with Gasteiger partial charge in [-0.05, 0) is 12.1 Å². The molecule has 0 N–H and O–H groups in total. The average molecular weight is 376 g/mol. The molecule has 0 aliphatic rings. The van der Waals surface area contributed by atoms with E-state index in [4.69, 9.17) is 9.47 Å². The molecule has 0 aliphatic carbocycles. The summed E-state index contributed by atoms with van der Waals surface area (Å²) < 4.78 is 66.7. The fourth-order valence-corrected chi connectivity index (χ4v) is 2.34. The van der Waals surface area contributed by atoms with Gasteiger partial charge in [-0.25, -0.2) is 8.78 Å². The molecule has 0 bridgehead atoms. The van der Waals surface area contributed by atoms with Gasteiger partial charge in [0.2, 0.25) is 24.2 Å². The normalized spacial score (nSPS) is 10.5. The Hall–Kier alpha value is -3.35. The quantitative estimate of drug-likeness (QED) is 0.266. The van der Waals surface area contributed by atoms with Gasteiger partial charge in [-0.1, -0.05) is 48.5 Å². The summed E-state index contributed by atoms with van der Waals surface area (Å²) in [5.74, 6) is -9.46. The smallest absolute Gasteiger partial charge is 0.231 e. The molecular weight excluding hydrogens is 364 g/mol. The Labute approximate surface area is 151 Å². The third-order valence-electron chi connectivity index (χ3n) is 3.66. The number of ether oxygens (including phenoxy) is 2. The van der Waals surface area contributed by atoms with Crippen molar-refractivity contribution < 1.29 is 31.8 Å². The molecule has 0 saturated carbocycles. The van der Waals surface area contributed by atoms with E-state index in [1.54, 1.807) is 36.4 Å². The summed E-state index contributed by atoms with van der Waals surface area (Å²) in [5, 5.41) is 0. The molecule has 3 aromatic carbocycles. The molecule has 0 radical (unpaired) electrons. The molecule has 0 heterocycles. The average Bonchev–Trinajstić information content (AvgIpc) is 2.70. The van der Waals surface area contributed by atoms with Crippen LogP contribution in [0.15, 0.2) is 60.7 Å². The third kappa shape index (κ3) is 3.76. The Morgan fingerprint density at radius 2 is 1.22 bits per heavy atom. The van der Waals surface area contributed by atoms with Crippen molar-refractivity contribution >= 4 is 5.78 Å². The first-order valence-corrected chi connectivity index (χ1v) is 7.77. The van der Waals surface area contributed by atoms with Crippen LogP contribution in [0, 0.1) is 23.3 Å². The Morgan fingerprint density at radius 3 is 1.78 bits per heavy atom. The first-order valence-electron chi connectivity index (χ1n) is 7.77. The van der Waals surface area contributed by atoms with Crippen LogP contribution in [0.4, 0.5) is 17.6 Å². The maximum Gasteiger partial charge on any atom is 0.231 e. The minimum absolute atomic E-state index is 0.116. The predicted molar refractivity (Wildman–Crippen MR) is 88.7 cm³/mol. The van der Waals surface area contributed by atoms with Crippen LogP contribution in [0.5, 0.6) is 11.5 Å². The number of benzene rings is 3. The van der Waals surface area contributed by atoms with E-state index >= 15 is 0 Å². The summed E-state index contributed by atoms with van der Waals surface area (Å²) in [6.45, 7) is -0.692. The lowest BCUT2D eigenvalue weighted by atomic mass is 10.0. The highest BCUT2D eigenvalue weighted by atomic mass is 19.2. The summed E-state index contributed by atoms with van der Waals surface area (Å²) in [4.78, 5) is 12.2. The van der Waals surface area contributed by atoms with Crippen LogP contribution in [0.2, 0.25) is 0 Å². The highest BCUT2D eigenvalue weighted by Crippen LogP contribution is 2.31. The number of hydrogen-bond acceptors (Lipinski definition) is 3. The molecule has 3 nitrogen and oxygen atoms in total. The van der Waals surface area contributed by atoms with Gasteiger partial charge in [0, 0.05) is 5.56 Å². The summed E-state index contributed by atoms with van der Waals surface area (Å²) >= 11 is 0. The summed E-state index contributed by atoms with van der Waals surface area (Å²) in [7, 11) is 0. The van der Waals surface area contributed by atoms with Gasteiger partial charge in [0.1, 0.15) is 11.3 Å². The van der Waals surface area contributed by atoms with E-state index in [1.165, 1.54) is 24.3 Å². The van der Waals surface area contributed by atoms with Crippen molar-refractivity contribution in [1.29, 1.82) is 0 Å². The van der Waals surface area contributed by atoms with Crippen LogP contribution in [0.25, 0.3) is 0 Å². The number of hydrogen-bond donors (Lipinski definition) is 0. The maximum absolute atomic E-state index is 14.3. The minimum atomic E-state index is -1.84. The lowest BCUT2D eigenvalue weighted by molar-refractivity contribution is 0.101. The molecule has 27 heavy (non-hydrogen) atoms. The molecule has 0 saturated heterocycles. The second-order valence-electron chi connectivity index (χ2n) is 5.37. The SMILES string of the molecule is O=C(c1ccccc1)c1c(F)c(F)c(OCOc2ccccc2)c(F)c1F. The van der Waals surface area contributed by atoms with E-state index < -0.39 is 47.2 Å². The number of halogens is 4. The molecular formula is C20H12F4O3. The van der Waals surface area contributed by atoms with Gasteiger partial charge in [0.05, 0.1) is 0 Å². The summed E-state index contributed by atoms with van der Waals surface area (Å²) in [5.41, 5.74) is -1.44. The zero-order chi connectivity index (χ0) is 19.4. The second kappa shape index (κ2) is 7.90. The largest absolute Gasteiger partial charge is 0.457 e. The molecule has 0 amide bonds. The fraction of sp³-hybridized carbons (Fsp3) is 0.0500. The van der Waals surface area contributed by atoms with Gasteiger partial charge in [0.25, 0.3) is 0 Å². The van der Waals surface area contributed by atoms with Gasteiger partial charge >= 0.3 is 0 Å². The minimum Gasteiger partial charge on any atom is -0.457 e. The second-order valence-corrected chi connectivity index (χ2v) is 5.37. The molecule has 7 heteroatoms. The van der Waals surface area contributed by atoms with E-state index in [0.29, 0.717) is 5.75 Å². The maximum atomic E-state index is 14.3. The van der Waals surface area contributed by atoms with E-state index in [-0.39, 0.29) is 5.56 Å². The molecule has 0 aromatic heterocycles. The molecule has 3 rings (SSSR count). The van der Waals surface area contributed by atoms with Crippen LogP contribution in [0.1, 0.15) is 15.9 Å². The zero-order valence-corrected chi connectivity index (χ0v) is 13.7. The molecule has 0 fully saturated rings. The Morgan fingerprint density at radius 1 is 0.704 bits per heavy atom. The highest BCUT2D eigenvalue weighted by molar-refractivity contribution is 6.09. The van der Waals surface area contributed by atoms with Gasteiger partial charge in [-0.3, -0.25) is 4.79 Å². The standard InChI is InChI=1S/C20H12F4O3/c21-15-14(19(25)12-7-3-1-4-8-12)16(22)18(24)20(17(15)23)27-11-26-13-9-5-2-6-10-13/h1-10H,11H2. The Bertz CT molecular complexity index is 931. The third-order valence-corrected chi connectivity index (χ3v) is 3.66.